The Morgan fingerprint density at radius 1 is 1.23 bits per heavy atom. The number of aromatic hydroxyl groups is 1. The summed E-state index contributed by atoms with van der Waals surface area (Å²) in [6.45, 7) is 4.50. The molecular formula is C26H28N2O3. The van der Waals surface area contributed by atoms with E-state index in [1.54, 1.807) is 12.1 Å². The van der Waals surface area contributed by atoms with Gasteiger partial charge in [-0.1, -0.05) is 42.5 Å². The minimum atomic E-state index is -0.0955. The maximum absolute atomic E-state index is 13.4. The summed E-state index contributed by atoms with van der Waals surface area (Å²) in [6, 6.07) is 14.7. The molecular weight excluding hydrogens is 388 g/mol. The Morgan fingerprint density at radius 2 is 2.00 bits per heavy atom. The maximum Gasteiger partial charge on any atom is 0.258 e. The molecule has 1 amide bonds. The summed E-state index contributed by atoms with van der Waals surface area (Å²) in [5, 5.41) is 10.1. The van der Waals surface area contributed by atoms with Crippen LogP contribution in [0.25, 0.3) is 11.1 Å². The molecule has 4 rings (SSSR count). The zero-order valence-electron chi connectivity index (χ0n) is 18.0. The lowest BCUT2D eigenvalue weighted by molar-refractivity contribution is 0.0800. The van der Waals surface area contributed by atoms with E-state index in [4.69, 9.17) is 4.74 Å². The molecule has 2 heterocycles. The van der Waals surface area contributed by atoms with Crippen molar-refractivity contribution in [3.63, 3.8) is 0 Å². The lowest BCUT2D eigenvalue weighted by Crippen LogP contribution is -2.31. The minimum absolute atomic E-state index is 0.0174. The molecule has 0 bridgehead atoms. The standard InChI is InChI=1S/C26H28N2O3/c1-3-4-5-8-21-17-25-23(27-18(2)31-25)15-16-28(21)26(30)20-13-11-19(12-14-20)22-9-6-7-10-24(22)29/h3-4,6-7,9-14,17,23,25,29H,5,8,15-16H2,1-2H3/b4-3-. The number of benzene rings is 2. The molecule has 5 heteroatoms. The Balaban J connectivity index is 1.58. The first-order valence-electron chi connectivity index (χ1n) is 10.8. The first-order valence-corrected chi connectivity index (χ1v) is 10.8. The fourth-order valence-corrected chi connectivity index (χ4v) is 4.19. The summed E-state index contributed by atoms with van der Waals surface area (Å²) in [6.07, 6.45) is 8.55. The molecule has 0 spiro atoms. The number of allylic oxidation sites excluding steroid dienone is 3. The van der Waals surface area contributed by atoms with Gasteiger partial charge in [0.1, 0.15) is 11.9 Å². The van der Waals surface area contributed by atoms with Gasteiger partial charge in [0.15, 0.2) is 5.90 Å². The lowest BCUT2D eigenvalue weighted by atomic mass is 10.0. The van der Waals surface area contributed by atoms with Crippen molar-refractivity contribution < 1.29 is 14.6 Å². The average molecular weight is 417 g/mol. The number of amides is 1. The normalized spacial score (nSPS) is 20.6. The molecule has 5 nitrogen and oxygen atoms in total. The van der Waals surface area contributed by atoms with Crippen molar-refractivity contribution in [2.45, 2.75) is 45.3 Å². The monoisotopic (exact) mass is 416 g/mol. The van der Waals surface area contributed by atoms with Gasteiger partial charge in [0, 0.05) is 30.3 Å². The van der Waals surface area contributed by atoms with Gasteiger partial charge in [-0.2, -0.15) is 0 Å². The van der Waals surface area contributed by atoms with Gasteiger partial charge in [-0.25, -0.2) is 4.99 Å². The molecule has 0 fully saturated rings. The highest BCUT2D eigenvalue weighted by atomic mass is 16.5. The van der Waals surface area contributed by atoms with Crippen molar-refractivity contribution >= 4 is 11.8 Å². The second-order valence-corrected chi connectivity index (χ2v) is 7.90. The van der Waals surface area contributed by atoms with Gasteiger partial charge in [0.25, 0.3) is 5.91 Å². The fourth-order valence-electron chi connectivity index (χ4n) is 4.19. The molecule has 2 aromatic carbocycles. The first-order chi connectivity index (χ1) is 15.1. The van der Waals surface area contributed by atoms with E-state index in [1.807, 2.05) is 61.2 Å². The molecule has 0 radical (unpaired) electrons. The highest BCUT2D eigenvalue weighted by molar-refractivity contribution is 5.96. The Morgan fingerprint density at radius 3 is 2.74 bits per heavy atom. The van der Waals surface area contributed by atoms with Crippen LogP contribution in [0, 0.1) is 0 Å². The summed E-state index contributed by atoms with van der Waals surface area (Å²) in [5.41, 5.74) is 3.25. The zero-order chi connectivity index (χ0) is 21.8. The van der Waals surface area contributed by atoms with Crippen LogP contribution in [0.15, 0.2) is 77.4 Å². The predicted molar refractivity (Wildman–Crippen MR) is 123 cm³/mol. The van der Waals surface area contributed by atoms with E-state index in [1.165, 1.54) is 0 Å². The van der Waals surface area contributed by atoms with E-state index in [9.17, 15) is 9.90 Å². The van der Waals surface area contributed by atoms with Crippen LogP contribution in [-0.2, 0) is 4.74 Å². The van der Waals surface area contributed by atoms with E-state index in [2.05, 4.69) is 17.1 Å². The summed E-state index contributed by atoms with van der Waals surface area (Å²) in [5.74, 6) is 0.931. The van der Waals surface area contributed by atoms with Crippen LogP contribution in [0.5, 0.6) is 5.75 Å². The van der Waals surface area contributed by atoms with Crippen molar-refractivity contribution in [3.05, 3.63) is 78.0 Å². The van der Waals surface area contributed by atoms with E-state index in [0.717, 1.165) is 42.0 Å². The summed E-state index contributed by atoms with van der Waals surface area (Å²) in [7, 11) is 0. The number of rotatable bonds is 5. The molecule has 2 unspecified atom stereocenters. The third kappa shape index (κ3) is 4.55. The third-order valence-electron chi connectivity index (χ3n) is 5.78. The van der Waals surface area contributed by atoms with Crippen LogP contribution in [0.1, 0.15) is 43.5 Å². The van der Waals surface area contributed by atoms with Crippen LogP contribution >= 0.6 is 0 Å². The van der Waals surface area contributed by atoms with Gasteiger partial charge in [-0.15, -0.1) is 0 Å². The van der Waals surface area contributed by atoms with Crippen molar-refractivity contribution in [1.82, 2.24) is 4.90 Å². The zero-order valence-corrected chi connectivity index (χ0v) is 18.0. The van der Waals surface area contributed by atoms with Gasteiger partial charge in [-0.05, 0) is 56.0 Å². The molecule has 0 saturated heterocycles. The minimum Gasteiger partial charge on any atom is -0.507 e. The molecule has 0 aromatic heterocycles. The number of fused-ring (bicyclic) bond motifs is 1. The maximum atomic E-state index is 13.4. The number of para-hydroxylation sites is 1. The Labute approximate surface area is 183 Å². The van der Waals surface area contributed by atoms with Gasteiger partial charge in [-0.3, -0.25) is 4.79 Å². The molecule has 1 N–H and O–H groups in total. The van der Waals surface area contributed by atoms with E-state index in [-0.39, 0.29) is 23.8 Å². The van der Waals surface area contributed by atoms with Crippen LogP contribution in [0.3, 0.4) is 0 Å². The molecule has 160 valence electrons. The highest BCUT2D eigenvalue weighted by Crippen LogP contribution is 2.30. The van der Waals surface area contributed by atoms with Crippen molar-refractivity contribution in [2.24, 2.45) is 4.99 Å². The van der Waals surface area contributed by atoms with Crippen molar-refractivity contribution in [3.8, 4) is 16.9 Å². The molecule has 0 saturated carbocycles. The fraction of sp³-hybridized carbons (Fsp3) is 0.308. The second kappa shape index (κ2) is 9.21. The number of carbonyl (C=O) groups is 1. The average Bonchev–Trinajstić information content (AvgIpc) is 3.04. The van der Waals surface area contributed by atoms with Gasteiger partial charge < -0.3 is 14.7 Å². The quantitative estimate of drug-likeness (QED) is 0.670. The molecule has 0 aliphatic carbocycles. The number of phenolic OH excluding ortho intramolecular Hbond substituents is 1. The van der Waals surface area contributed by atoms with Crippen LogP contribution in [-0.4, -0.2) is 40.5 Å². The smallest absolute Gasteiger partial charge is 0.258 e. The SMILES string of the molecule is C/C=C\CCC1=CC2OC(C)=NC2CCN1C(=O)c1ccc(-c2ccccc2O)cc1. The van der Waals surface area contributed by atoms with Gasteiger partial charge in [0.2, 0.25) is 0 Å². The molecule has 2 aliphatic heterocycles. The lowest BCUT2D eigenvalue weighted by Gasteiger charge is -2.24. The van der Waals surface area contributed by atoms with E-state index >= 15 is 0 Å². The largest absolute Gasteiger partial charge is 0.507 e. The van der Waals surface area contributed by atoms with Gasteiger partial charge in [0.05, 0.1) is 6.04 Å². The first kappa shape index (κ1) is 20.9. The second-order valence-electron chi connectivity index (χ2n) is 7.90. The molecule has 31 heavy (non-hydrogen) atoms. The highest BCUT2D eigenvalue weighted by Gasteiger charge is 2.33. The molecule has 2 atom stereocenters. The van der Waals surface area contributed by atoms with Crippen LogP contribution in [0.2, 0.25) is 0 Å². The number of phenols is 1. The van der Waals surface area contributed by atoms with Gasteiger partial charge >= 0.3 is 0 Å². The number of aliphatic imine (C=N–C) groups is 1. The van der Waals surface area contributed by atoms with Crippen molar-refractivity contribution in [2.75, 3.05) is 6.54 Å². The number of nitrogens with zero attached hydrogens (tertiary/aromatic N) is 2. The predicted octanol–water partition coefficient (Wildman–Crippen LogP) is 5.33. The number of hydrogen-bond donors (Lipinski definition) is 1. The molecule has 2 aliphatic rings. The van der Waals surface area contributed by atoms with Crippen LogP contribution < -0.4 is 0 Å². The summed E-state index contributed by atoms with van der Waals surface area (Å²) in [4.78, 5) is 19.9. The Kier molecular flexibility index (Phi) is 6.21. The number of carbonyl (C=O) groups excluding carboxylic acids is 1. The van der Waals surface area contributed by atoms with Crippen molar-refractivity contribution in [1.29, 1.82) is 0 Å². The molecule has 2 aromatic rings. The summed E-state index contributed by atoms with van der Waals surface area (Å²) < 4.78 is 5.89. The number of ether oxygens (including phenoxy) is 1. The number of hydrogen-bond acceptors (Lipinski definition) is 4. The van der Waals surface area contributed by atoms with E-state index in [0.29, 0.717) is 12.1 Å². The Hall–Kier alpha value is -3.34. The topological polar surface area (TPSA) is 62.1 Å². The third-order valence-corrected chi connectivity index (χ3v) is 5.78. The van der Waals surface area contributed by atoms with Crippen LogP contribution in [0.4, 0.5) is 0 Å². The summed E-state index contributed by atoms with van der Waals surface area (Å²) >= 11 is 0. The van der Waals surface area contributed by atoms with E-state index < -0.39 is 0 Å². The Bertz CT molecular complexity index is 1040.